The van der Waals surface area contributed by atoms with Gasteiger partial charge in [0.05, 0.1) is 24.5 Å². The summed E-state index contributed by atoms with van der Waals surface area (Å²) < 4.78 is 6.81. The van der Waals surface area contributed by atoms with E-state index in [1.54, 1.807) is 17.3 Å². The number of rotatable bonds is 16. The molecule has 0 radical (unpaired) electrons. The van der Waals surface area contributed by atoms with Crippen LogP contribution in [0, 0.1) is 0 Å². The third kappa shape index (κ3) is 7.66. The molecule has 3 amide bonds. The van der Waals surface area contributed by atoms with Gasteiger partial charge in [-0.25, -0.2) is 0 Å². The Labute approximate surface area is 335 Å². The van der Waals surface area contributed by atoms with Crippen molar-refractivity contribution >= 4 is 29.1 Å². The summed E-state index contributed by atoms with van der Waals surface area (Å²) in [6.45, 7) is 12.9. The number of pyridine rings is 2. The summed E-state index contributed by atoms with van der Waals surface area (Å²) in [5.41, 5.74) is 5.83. The van der Waals surface area contributed by atoms with Crippen molar-refractivity contribution in [2.45, 2.75) is 59.2 Å². The second-order valence-corrected chi connectivity index (χ2v) is 14.3. The van der Waals surface area contributed by atoms with E-state index in [1.807, 2.05) is 65.6 Å². The van der Waals surface area contributed by atoms with Gasteiger partial charge < -0.3 is 29.7 Å². The van der Waals surface area contributed by atoms with Gasteiger partial charge in [0.15, 0.2) is 0 Å². The van der Waals surface area contributed by atoms with E-state index in [2.05, 4.69) is 89.2 Å². The molecular weight excluding hydrogens is 715 g/mol. The zero-order valence-corrected chi connectivity index (χ0v) is 33.3. The molecule has 0 saturated heterocycles. The van der Waals surface area contributed by atoms with Crippen LogP contribution in [0.25, 0.3) is 0 Å². The van der Waals surface area contributed by atoms with Crippen molar-refractivity contribution in [1.82, 2.24) is 25.1 Å². The van der Waals surface area contributed by atoms with Crippen molar-refractivity contribution < 1.29 is 19.1 Å². The van der Waals surface area contributed by atoms with Crippen LogP contribution >= 0.6 is 0 Å². The quantitative estimate of drug-likeness (QED) is 0.113. The third-order valence-corrected chi connectivity index (χ3v) is 11.1. The van der Waals surface area contributed by atoms with E-state index >= 15 is 0 Å². The van der Waals surface area contributed by atoms with Crippen LogP contribution in [-0.2, 0) is 28.2 Å². The summed E-state index contributed by atoms with van der Waals surface area (Å²) in [5, 5.41) is 3.03. The van der Waals surface area contributed by atoms with Crippen LogP contribution < -0.4 is 19.9 Å². The Morgan fingerprint density at radius 3 is 1.75 bits per heavy atom. The Morgan fingerprint density at radius 1 is 0.684 bits per heavy atom. The van der Waals surface area contributed by atoms with Crippen LogP contribution in [-0.4, -0.2) is 76.8 Å². The van der Waals surface area contributed by atoms with Crippen LogP contribution in [0.2, 0.25) is 0 Å². The number of fused-ring (bicyclic) bond motifs is 6. The molecule has 294 valence electrons. The number of hydrogen-bond acceptors (Lipinski definition) is 8. The first-order valence-electron chi connectivity index (χ1n) is 20.0. The van der Waals surface area contributed by atoms with Gasteiger partial charge in [0.2, 0.25) is 11.8 Å². The first kappa shape index (κ1) is 39.0. The number of carbonyl (C=O) groups excluding carboxylic acids is 3. The first-order chi connectivity index (χ1) is 27.8. The third-order valence-electron chi connectivity index (χ3n) is 11.1. The molecule has 4 heterocycles. The molecule has 5 aromatic rings. The van der Waals surface area contributed by atoms with Gasteiger partial charge in [-0.15, -0.1) is 0 Å². The van der Waals surface area contributed by atoms with E-state index in [4.69, 9.17) is 4.74 Å². The standard InChI is InChI=1S/C46H51N7O4/c1-5-50(6-2)35-19-21-39-41(29-35)57-42-30-36(51(7-3)8-4)20-22-40(42)46(39)38-18-10-9-17-37(38)45(56)53(46)28-27-49-43(54)23-24-44(55)52(31-33-15-11-13-25-47-33)32-34-16-12-14-26-48-34/h9-22,25-26,29-30H,5-8,23-24,27-28,31-32H2,1-4H3,(H,49,54). The lowest BCUT2D eigenvalue weighted by atomic mass is 9.74. The molecule has 0 unspecified atom stereocenters. The Bertz CT molecular complexity index is 2100. The second-order valence-electron chi connectivity index (χ2n) is 14.3. The molecule has 11 nitrogen and oxygen atoms in total. The van der Waals surface area contributed by atoms with Gasteiger partial charge in [-0.3, -0.25) is 24.4 Å². The molecule has 1 N–H and O–H groups in total. The van der Waals surface area contributed by atoms with Crippen molar-refractivity contribution in [3.63, 3.8) is 0 Å². The minimum atomic E-state index is -1.00. The molecule has 1 spiro atoms. The van der Waals surface area contributed by atoms with E-state index in [0.717, 1.165) is 65.6 Å². The molecule has 57 heavy (non-hydrogen) atoms. The van der Waals surface area contributed by atoms with Gasteiger partial charge in [-0.1, -0.05) is 42.5 Å². The van der Waals surface area contributed by atoms with Crippen LogP contribution in [0.1, 0.15) is 79.0 Å². The molecule has 7 rings (SSSR count). The lowest BCUT2D eigenvalue weighted by Crippen LogP contribution is -2.50. The van der Waals surface area contributed by atoms with Crippen LogP contribution in [0.3, 0.4) is 0 Å². The SMILES string of the molecule is CCN(CC)c1ccc2c(c1)Oc1cc(N(CC)CC)ccc1C21c2ccccc2C(=O)N1CCNC(=O)CCC(=O)N(Cc1ccccn1)Cc1ccccn1. The molecule has 0 aliphatic carbocycles. The van der Waals surface area contributed by atoms with E-state index in [1.165, 1.54) is 0 Å². The molecule has 0 saturated carbocycles. The number of aromatic nitrogens is 2. The zero-order chi connectivity index (χ0) is 39.9. The van der Waals surface area contributed by atoms with Crippen molar-refractivity contribution in [3.05, 3.63) is 143 Å². The van der Waals surface area contributed by atoms with Crippen LogP contribution in [0.4, 0.5) is 11.4 Å². The largest absolute Gasteiger partial charge is 0.456 e. The average molecular weight is 766 g/mol. The summed E-state index contributed by atoms with van der Waals surface area (Å²) >= 11 is 0. The van der Waals surface area contributed by atoms with Gasteiger partial charge in [0.1, 0.15) is 17.0 Å². The van der Waals surface area contributed by atoms with E-state index in [9.17, 15) is 14.4 Å². The lowest BCUT2D eigenvalue weighted by Gasteiger charge is -2.45. The molecule has 0 bridgehead atoms. The normalized spacial score (nSPS) is 13.3. The van der Waals surface area contributed by atoms with Gasteiger partial charge in [-0.2, -0.15) is 0 Å². The molecule has 2 aromatic heterocycles. The second kappa shape index (κ2) is 17.3. The number of nitrogens with zero attached hydrogens (tertiary/aromatic N) is 6. The predicted octanol–water partition coefficient (Wildman–Crippen LogP) is 7.15. The van der Waals surface area contributed by atoms with Gasteiger partial charge in [0, 0.05) is 105 Å². The highest BCUT2D eigenvalue weighted by molar-refractivity contribution is 6.02. The van der Waals surface area contributed by atoms with Crippen molar-refractivity contribution in [1.29, 1.82) is 0 Å². The first-order valence-corrected chi connectivity index (χ1v) is 20.0. The zero-order valence-electron chi connectivity index (χ0n) is 33.3. The Hall–Kier alpha value is -6.23. The van der Waals surface area contributed by atoms with E-state index in [-0.39, 0.29) is 43.7 Å². The van der Waals surface area contributed by atoms with Crippen molar-refractivity contribution in [3.8, 4) is 11.5 Å². The molecule has 2 aliphatic heterocycles. The highest BCUT2D eigenvalue weighted by atomic mass is 16.5. The minimum Gasteiger partial charge on any atom is -0.456 e. The maximum Gasteiger partial charge on any atom is 0.255 e. The van der Waals surface area contributed by atoms with Crippen LogP contribution in [0.5, 0.6) is 11.5 Å². The summed E-state index contributed by atoms with van der Waals surface area (Å²) in [6.07, 6.45) is 3.42. The summed E-state index contributed by atoms with van der Waals surface area (Å²) in [6, 6.07) is 31.6. The van der Waals surface area contributed by atoms with Gasteiger partial charge in [0.25, 0.3) is 5.91 Å². The van der Waals surface area contributed by atoms with Gasteiger partial charge >= 0.3 is 0 Å². The van der Waals surface area contributed by atoms with E-state index < -0.39 is 5.54 Å². The Morgan fingerprint density at radius 2 is 1.23 bits per heavy atom. The molecular formula is C46H51N7O4. The maximum absolute atomic E-state index is 14.6. The van der Waals surface area contributed by atoms with Crippen LogP contribution in [0.15, 0.2) is 109 Å². The molecule has 0 atom stereocenters. The number of hydrogen-bond donors (Lipinski definition) is 1. The lowest BCUT2D eigenvalue weighted by molar-refractivity contribution is -0.134. The predicted molar refractivity (Wildman–Crippen MR) is 222 cm³/mol. The van der Waals surface area contributed by atoms with Crippen molar-refractivity contribution in [2.75, 3.05) is 49.1 Å². The van der Waals surface area contributed by atoms with Crippen molar-refractivity contribution in [2.24, 2.45) is 0 Å². The number of benzene rings is 3. The smallest absolute Gasteiger partial charge is 0.255 e. The number of carbonyl (C=O) groups is 3. The summed E-state index contributed by atoms with van der Waals surface area (Å²) in [5.74, 6) is 0.837. The maximum atomic E-state index is 14.6. The minimum absolute atomic E-state index is 0.000853. The molecule has 0 fully saturated rings. The number of anilines is 2. The average Bonchev–Trinajstić information content (AvgIpc) is 3.48. The fourth-order valence-corrected chi connectivity index (χ4v) is 8.28. The fraction of sp³-hybridized carbons (Fsp3) is 0.326. The monoisotopic (exact) mass is 765 g/mol. The summed E-state index contributed by atoms with van der Waals surface area (Å²) in [7, 11) is 0. The number of nitrogens with one attached hydrogen (secondary N) is 1. The Balaban J connectivity index is 1.15. The molecule has 2 aliphatic rings. The number of ether oxygens (including phenoxy) is 1. The molecule has 11 heteroatoms. The Kier molecular flexibility index (Phi) is 11.8. The molecule has 3 aromatic carbocycles. The highest BCUT2D eigenvalue weighted by Gasteiger charge is 2.56. The van der Waals surface area contributed by atoms with Gasteiger partial charge in [-0.05, 0) is 75.7 Å². The van der Waals surface area contributed by atoms with E-state index in [0.29, 0.717) is 30.2 Å². The number of amides is 3. The highest BCUT2D eigenvalue weighted by Crippen LogP contribution is 2.58. The topological polar surface area (TPSA) is 111 Å². The summed E-state index contributed by atoms with van der Waals surface area (Å²) in [4.78, 5) is 58.5. The fourth-order valence-electron chi connectivity index (χ4n) is 8.28.